The molecule has 2 rings (SSSR count). The number of halogens is 1. The molecule has 1 aromatic heterocycles. The van der Waals surface area contributed by atoms with Gasteiger partial charge in [0.2, 0.25) is 0 Å². The second-order valence-electron chi connectivity index (χ2n) is 5.56. The summed E-state index contributed by atoms with van der Waals surface area (Å²) in [4.78, 5) is 4.73. The van der Waals surface area contributed by atoms with E-state index in [0.29, 0.717) is 0 Å². The van der Waals surface area contributed by atoms with E-state index in [2.05, 4.69) is 54.2 Å². The molecule has 102 valence electrons. The Morgan fingerprint density at radius 3 is 2.63 bits per heavy atom. The average Bonchev–Trinajstić information content (AvgIpc) is 2.77. The van der Waals surface area contributed by atoms with Crippen molar-refractivity contribution >= 4 is 27.3 Å². The van der Waals surface area contributed by atoms with E-state index < -0.39 is 0 Å². The van der Waals surface area contributed by atoms with Crippen molar-refractivity contribution in [3.05, 3.63) is 39.1 Å². The van der Waals surface area contributed by atoms with E-state index in [-0.39, 0.29) is 11.5 Å². The highest BCUT2D eigenvalue weighted by molar-refractivity contribution is 9.10. The minimum absolute atomic E-state index is 0.0263. The van der Waals surface area contributed by atoms with E-state index >= 15 is 0 Å². The lowest BCUT2D eigenvalue weighted by atomic mass is 9.89. The zero-order valence-electron chi connectivity index (χ0n) is 11.6. The maximum atomic E-state index is 5.61. The topological polar surface area (TPSA) is 22.1 Å². The summed E-state index contributed by atoms with van der Waals surface area (Å²) in [7, 11) is 1.75. The monoisotopic (exact) mass is 339 g/mol. The third kappa shape index (κ3) is 3.44. The Bertz CT molecular complexity index is 559. The molecule has 0 aliphatic rings. The molecule has 1 unspecified atom stereocenters. The second-order valence-corrected chi connectivity index (χ2v) is 7.37. The molecule has 0 amide bonds. The number of benzene rings is 1. The summed E-state index contributed by atoms with van der Waals surface area (Å²) < 4.78 is 6.68. The molecule has 4 heteroatoms. The zero-order valence-corrected chi connectivity index (χ0v) is 14.0. The third-order valence-corrected chi connectivity index (χ3v) is 4.27. The van der Waals surface area contributed by atoms with Crippen molar-refractivity contribution in [2.45, 2.75) is 26.9 Å². The van der Waals surface area contributed by atoms with Crippen molar-refractivity contribution in [2.24, 2.45) is 5.41 Å². The first-order valence-corrected chi connectivity index (χ1v) is 7.83. The molecule has 1 heterocycles. The highest BCUT2D eigenvalue weighted by Crippen LogP contribution is 2.38. The highest BCUT2D eigenvalue weighted by Gasteiger charge is 2.28. The van der Waals surface area contributed by atoms with Crippen LogP contribution in [0, 0.1) is 5.41 Å². The minimum Gasteiger partial charge on any atom is -0.374 e. The normalized spacial score (nSPS) is 13.5. The van der Waals surface area contributed by atoms with Gasteiger partial charge in [-0.05, 0) is 17.5 Å². The summed E-state index contributed by atoms with van der Waals surface area (Å²) in [6.07, 6.45) is 0.0263. The Morgan fingerprint density at radius 1 is 1.32 bits per heavy atom. The van der Waals surface area contributed by atoms with Crippen LogP contribution in [0.1, 0.15) is 31.9 Å². The largest absolute Gasteiger partial charge is 0.374 e. The summed E-state index contributed by atoms with van der Waals surface area (Å²) in [6.45, 7) is 6.50. The van der Waals surface area contributed by atoms with Crippen LogP contribution < -0.4 is 0 Å². The van der Waals surface area contributed by atoms with Crippen LogP contribution in [0.2, 0.25) is 0 Å². The molecule has 2 nitrogen and oxygen atoms in total. The Morgan fingerprint density at radius 2 is 2.05 bits per heavy atom. The third-order valence-electron chi connectivity index (χ3n) is 2.89. The fourth-order valence-corrected chi connectivity index (χ4v) is 3.56. The Labute approximate surface area is 127 Å². The van der Waals surface area contributed by atoms with Crippen molar-refractivity contribution < 1.29 is 4.74 Å². The van der Waals surface area contributed by atoms with Gasteiger partial charge in [-0.15, -0.1) is 11.3 Å². The van der Waals surface area contributed by atoms with Crippen LogP contribution in [0.25, 0.3) is 11.3 Å². The lowest BCUT2D eigenvalue weighted by Crippen LogP contribution is -2.19. The number of ether oxygens (including phenoxy) is 1. The van der Waals surface area contributed by atoms with Gasteiger partial charge in [-0.2, -0.15) is 0 Å². The fraction of sp³-hybridized carbons (Fsp3) is 0.400. The summed E-state index contributed by atoms with van der Waals surface area (Å²) in [5.74, 6) is 0. The number of methoxy groups -OCH3 is 1. The van der Waals surface area contributed by atoms with Gasteiger partial charge in [0.05, 0.1) is 5.69 Å². The van der Waals surface area contributed by atoms with Crippen molar-refractivity contribution in [3.8, 4) is 11.3 Å². The Balaban J connectivity index is 2.33. The lowest BCUT2D eigenvalue weighted by molar-refractivity contribution is 0.0151. The first-order valence-electron chi connectivity index (χ1n) is 6.16. The molecule has 0 saturated carbocycles. The number of hydrogen-bond acceptors (Lipinski definition) is 3. The summed E-state index contributed by atoms with van der Waals surface area (Å²) in [6, 6.07) is 8.19. The molecule has 0 spiro atoms. The zero-order chi connectivity index (χ0) is 14.0. The van der Waals surface area contributed by atoms with Crippen molar-refractivity contribution in [1.29, 1.82) is 0 Å². The van der Waals surface area contributed by atoms with E-state index in [1.54, 1.807) is 18.4 Å². The van der Waals surface area contributed by atoms with Gasteiger partial charge in [0.15, 0.2) is 0 Å². The van der Waals surface area contributed by atoms with Crippen LogP contribution >= 0.6 is 27.3 Å². The fourth-order valence-electron chi connectivity index (χ4n) is 2.01. The molecule has 1 aromatic carbocycles. The van der Waals surface area contributed by atoms with Crippen LogP contribution in [0.15, 0.2) is 34.1 Å². The number of nitrogens with zero attached hydrogens (tertiary/aromatic N) is 1. The van der Waals surface area contributed by atoms with Gasteiger partial charge in [-0.25, -0.2) is 4.98 Å². The maximum absolute atomic E-state index is 5.61. The van der Waals surface area contributed by atoms with Gasteiger partial charge < -0.3 is 4.74 Å². The molecule has 0 aliphatic heterocycles. The van der Waals surface area contributed by atoms with Crippen LogP contribution in [0.5, 0.6) is 0 Å². The average molecular weight is 340 g/mol. The molecule has 19 heavy (non-hydrogen) atoms. The molecular weight excluding hydrogens is 322 g/mol. The van der Waals surface area contributed by atoms with Gasteiger partial charge >= 0.3 is 0 Å². The molecule has 0 N–H and O–H groups in total. The molecule has 0 radical (unpaired) electrons. The summed E-state index contributed by atoms with van der Waals surface area (Å²) >= 11 is 5.15. The van der Waals surface area contributed by atoms with Gasteiger partial charge in [0, 0.05) is 22.5 Å². The molecule has 2 aromatic rings. The smallest absolute Gasteiger partial charge is 0.123 e. The summed E-state index contributed by atoms with van der Waals surface area (Å²) in [5, 5.41) is 3.12. The molecule has 0 bridgehead atoms. The first kappa shape index (κ1) is 14.7. The van der Waals surface area contributed by atoms with Crippen LogP contribution in [-0.4, -0.2) is 12.1 Å². The first-order chi connectivity index (χ1) is 8.91. The lowest BCUT2D eigenvalue weighted by Gasteiger charge is -2.27. The predicted octanol–water partition coefficient (Wildman–Crippen LogP) is 5.31. The molecule has 1 atom stereocenters. The van der Waals surface area contributed by atoms with E-state index in [9.17, 15) is 0 Å². The van der Waals surface area contributed by atoms with Crippen LogP contribution in [0.3, 0.4) is 0 Å². The standard InChI is InChI=1S/C15H18BrNOS/c1-15(2,3)13(18-4)14-17-12(9-19-14)10-6-5-7-11(16)8-10/h5-9,13H,1-4H3. The number of thiazole rings is 1. The number of aromatic nitrogens is 1. The van der Waals surface area contributed by atoms with Gasteiger partial charge in [-0.1, -0.05) is 48.8 Å². The van der Waals surface area contributed by atoms with Crippen LogP contribution in [-0.2, 0) is 4.74 Å². The molecule has 0 fully saturated rings. The van der Waals surface area contributed by atoms with Gasteiger partial charge in [0.1, 0.15) is 11.1 Å². The van der Waals surface area contributed by atoms with Crippen molar-refractivity contribution in [2.75, 3.05) is 7.11 Å². The molecule has 0 saturated heterocycles. The van der Waals surface area contributed by atoms with Crippen molar-refractivity contribution in [1.82, 2.24) is 4.98 Å². The predicted molar refractivity (Wildman–Crippen MR) is 84.5 cm³/mol. The summed E-state index contributed by atoms with van der Waals surface area (Å²) in [5.41, 5.74) is 2.18. The molecule has 0 aliphatic carbocycles. The van der Waals surface area contributed by atoms with Gasteiger partial charge in [-0.3, -0.25) is 0 Å². The number of rotatable bonds is 3. The van der Waals surface area contributed by atoms with E-state index in [4.69, 9.17) is 9.72 Å². The Hall–Kier alpha value is -0.710. The maximum Gasteiger partial charge on any atom is 0.123 e. The van der Waals surface area contributed by atoms with Crippen LogP contribution in [0.4, 0.5) is 0 Å². The van der Waals surface area contributed by atoms with Gasteiger partial charge in [0.25, 0.3) is 0 Å². The minimum atomic E-state index is 0.0263. The van der Waals surface area contributed by atoms with E-state index in [1.165, 1.54) is 0 Å². The number of hydrogen-bond donors (Lipinski definition) is 0. The second kappa shape index (κ2) is 5.73. The SMILES string of the molecule is COC(c1nc(-c2cccc(Br)c2)cs1)C(C)(C)C. The Kier molecular flexibility index (Phi) is 4.43. The van der Waals surface area contributed by atoms with E-state index in [1.807, 2.05) is 12.1 Å². The highest BCUT2D eigenvalue weighted by atomic mass is 79.9. The van der Waals surface area contributed by atoms with E-state index in [0.717, 1.165) is 20.7 Å². The quantitative estimate of drug-likeness (QED) is 0.756. The molecular formula is C15H18BrNOS. The van der Waals surface area contributed by atoms with Crippen molar-refractivity contribution in [3.63, 3.8) is 0 Å².